The van der Waals surface area contributed by atoms with Gasteiger partial charge in [0.25, 0.3) is 0 Å². The number of aromatic nitrogens is 6. The first-order valence-corrected chi connectivity index (χ1v) is 7.59. The minimum absolute atomic E-state index is 0.353. The maximum atomic E-state index is 6.20. The number of hydrogen-bond acceptors (Lipinski definition) is 6. The average molecular weight is 338 g/mol. The van der Waals surface area contributed by atoms with Gasteiger partial charge < -0.3 is 5.73 Å². The summed E-state index contributed by atoms with van der Waals surface area (Å²) in [5.74, 6) is 0.752. The maximum Gasteiger partial charge on any atom is 0.187 e. The molecule has 3 heterocycles. The van der Waals surface area contributed by atoms with Crippen LogP contribution in [-0.4, -0.2) is 29.7 Å². The fourth-order valence-corrected chi connectivity index (χ4v) is 2.58. The standard InChI is InChI=1S/C16H12ClN7/c17-12-4-2-1-3-10(12)8-24-9-11-14(18)21-16(22-15(11)23-24)13-7-19-5-6-20-13/h1-7,9H,8H2,(H2,18,21,22,23). The number of nitrogen functional groups attached to an aromatic ring is 1. The number of rotatable bonds is 3. The van der Waals surface area contributed by atoms with Crippen molar-refractivity contribution in [2.45, 2.75) is 6.54 Å². The second kappa shape index (κ2) is 5.86. The van der Waals surface area contributed by atoms with Gasteiger partial charge in [0.15, 0.2) is 11.5 Å². The molecule has 0 saturated carbocycles. The first kappa shape index (κ1) is 14.5. The van der Waals surface area contributed by atoms with Gasteiger partial charge in [-0.3, -0.25) is 9.67 Å². The van der Waals surface area contributed by atoms with Crippen molar-refractivity contribution in [2.75, 3.05) is 5.73 Å². The van der Waals surface area contributed by atoms with E-state index in [9.17, 15) is 0 Å². The summed E-state index contributed by atoms with van der Waals surface area (Å²) < 4.78 is 1.75. The van der Waals surface area contributed by atoms with Crippen LogP contribution in [0.2, 0.25) is 5.02 Å². The Hall–Kier alpha value is -3.06. The van der Waals surface area contributed by atoms with Crippen LogP contribution < -0.4 is 5.73 Å². The van der Waals surface area contributed by atoms with Gasteiger partial charge in [0.2, 0.25) is 0 Å². The zero-order valence-electron chi connectivity index (χ0n) is 12.5. The van der Waals surface area contributed by atoms with Gasteiger partial charge in [0, 0.05) is 23.6 Å². The second-order valence-corrected chi connectivity index (χ2v) is 5.59. The highest BCUT2D eigenvalue weighted by molar-refractivity contribution is 6.31. The molecule has 0 amide bonds. The minimum atomic E-state index is 0.353. The van der Waals surface area contributed by atoms with E-state index >= 15 is 0 Å². The Kier molecular flexibility index (Phi) is 3.55. The van der Waals surface area contributed by atoms with Crippen LogP contribution in [0.4, 0.5) is 5.82 Å². The Balaban J connectivity index is 1.76. The van der Waals surface area contributed by atoms with Crippen molar-refractivity contribution in [3.63, 3.8) is 0 Å². The summed E-state index contributed by atoms with van der Waals surface area (Å²) in [5.41, 5.74) is 8.08. The molecular formula is C16H12ClN7. The van der Waals surface area contributed by atoms with Crippen molar-refractivity contribution >= 4 is 28.5 Å². The molecule has 0 radical (unpaired) electrons. The highest BCUT2D eigenvalue weighted by atomic mass is 35.5. The van der Waals surface area contributed by atoms with Gasteiger partial charge in [-0.2, -0.15) is 5.10 Å². The van der Waals surface area contributed by atoms with E-state index in [0.29, 0.717) is 39.9 Å². The summed E-state index contributed by atoms with van der Waals surface area (Å²) in [7, 11) is 0. The van der Waals surface area contributed by atoms with E-state index in [2.05, 4.69) is 25.0 Å². The molecule has 0 aliphatic carbocycles. The molecule has 24 heavy (non-hydrogen) atoms. The van der Waals surface area contributed by atoms with Crippen molar-refractivity contribution in [3.05, 3.63) is 59.6 Å². The summed E-state index contributed by atoms with van der Waals surface area (Å²) in [4.78, 5) is 16.9. The van der Waals surface area contributed by atoms with Gasteiger partial charge in [-0.1, -0.05) is 29.8 Å². The van der Waals surface area contributed by atoms with E-state index < -0.39 is 0 Å². The molecule has 0 fully saturated rings. The van der Waals surface area contributed by atoms with Crippen molar-refractivity contribution in [2.24, 2.45) is 0 Å². The zero-order valence-corrected chi connectivity index (χ0v) is 13.2. The van der Waals surface area contributed by atoms with Crippen molar-refractivity contribution < 1.29 is 0 Å². The molecule has 7 nitrogen and oxygen atoms in total. The van der Waals surface area contributed by atoms with Crippen LogP contribution in [0, 0.1) is 0 Å². The van der Waals surface area contributed by atoms with Gasteiger partial charge >= 0.3 is 0 Å². The quantitative estimate of drug-likeness (QED) is 0.617. The first-order valence-electron chi connectivity index (χ1n) is 7.21. The molecule has 0 aliphatic heterocycles. The normalized spacial score (nSPS) is 11.0. The molecule has 3 aromatic heterocycles. The summed E-state index contributed by atoms with van der Waals surface area (Å²) in [6, 6.07) is 7.63. The van der Waals surface area contributed by atoms with E-state index in [1.807, 2.05) is 30.5 Å². The average Bonchev–Trinajstić information content (AvgIpc) is 3.01. The summed E-state index contributed by atoms with van der Waals surface area (Å²) in [5, 5.41) is 5.86. The Morgan fingerprint density at radius 1 is 1.12 bits per heavy atom. The molecule has 0 unspecified atom stereocenters. The molecule has 1 aromatic carbocycles. The molecule has 118 valence electrons. The van der Waals surface area contributed by atoms with E-state index in [1.165, 1.54) is 0 Å². The lowest BCUT2D eigenvalue weighted by molar-refractivity contribution is 0.693. The lowest BCUT2D eigenvalue weighted by Gasteiger charge is -2.03. The van der Waals surface area contributed by atoms with Gasteiger partial charge in [-0.15, -0.1) is 0 Å². The number of nitrogens with two attached hydrogens (primary N) is 1. The number of benzene rings is 1. The maximum absolute atomic E-state index is 6.20. The van der Waals surface area contributed by atoms with Crippen LogP contribution in [0.1, 0.15) is 5.56 Å². The minimum Gasteiger partial charge on any atom is -0.383 e. The summed E-state index contributed by atoms with van der Waals surface area (Å²) in [6.45, 7) is 0.524. The van der Waals surface area contributed by atoms with E-state index in [1.54, 1.807) is 23.3 Å². The predicted molar refractivity (Wildman–Crippen MR) is 91.3 cm³/mol. The van der Waals surface area contributed by atoms with Gasteiger partial charge in [0.05, 0.1) is 18.1 Å². The second-order valence-electron chi connectivity index (χ2n) is 5.18. The highest BCUT2D eigenvalue weighted by Gasteiger charge is 2.12. The molecule has 0 saturated heterocycles. The molecule has 2 N–H and O–H groups in total. The van der Waals surface area contributed by atoms with E-state index in [0.717, 1.165) is 5.56 Å². The fourth-order valence-electron chi connectivity index (χ4n) is 2.39. The van der Waals surface area contributed by atoms with Crippen LogP contribution in [0.5, 0.6) is 0 Å². The molecule has 0 spiro atoms. The molecule has 4 aromatic rings. The first-order chi connectivity index (χ1) is 11.7. The summed E-state index contributed by atoms with van der Waals surface area (Å²) >= 11 is 6.20. The van der Waals surface area contributed by atoms with Crippen LogP contribution in [0.3, 0.4) is 0 Å². The fraction of sp³-hybridized carbons (Fsp3) is 0.0625. The number of hydrogen-bond donors (Lipinski definition) is 1. The molecular weight excluding hydrogens is 326 g/mol. The van der Waals surface area contributed by atoms with Gasteiger partial charge in [0.1, 0.15) is 11.5 Å². The number of anilines is 1. The molecule has 8 heteroatoms. The Morgan fingerprint density at radius 3 is 2.79 bits per heavy atom. The van der Waals surface area contributed by atoms with Crippen LogP contribution in [0.25, 0.3) is 22.6 Å². The molecule has 0 atom stereocenters. The van der Waals surface area contributed by atoms with Crippen molar-refractivity contribution in [3.8, 4) is 11.5 Å². The SMILES string of the molecule is Nc1nc(-c2cnccn2)nc2nn(Cc3ccccc3Cl)cc12. The number of halogens is 1. The molecule has 0 bridgehead atoms. The van der Waals surface area contributed by atoms with E-state index in [-0.39, 0.29) is 0 Å². The third-order valence-corrected chi connectivity index (χ3v) is 3.91. The third kappa shape index (κ3) is 2.65. The monoisotopic (exact) mass is 337 g/mol. The molecule has 0 aliphatic rings. The van der Waals surface area contributed by atoms with Crippen molar-refractivity contribution in [1.82, 2.24) is 29.7 Å². The van der Waals surface area contributed by atoms with Crippen LogP contribution in [0.15, 0.2) is 49.1 Å². The lowest BCUT2D eigenvalue weighted by Crippen LogP contribution is -2.00. The summed E-state index contributed by atoms with van der Waals surface area (Å²) in [6.07, 6.45) is 6.56. The van der Waals surface area contributed by atoms with Crippen LogP contribution in [-0.2, 0) is 6.54 Å². The smallest absolute Gasteiger partial charge is 0.187 e. The van der Waals surface area contributed by atoms with Crippen molar-refractivity contribution in [1.29, 1.82) is 0 Å². The van der Waals surface area contributed by atoms with Gasteiger partial charge in [-0.05, 0) is 11.6 Å². The largest absolute Gasteiger partial charge is 0.383 e. The molecule has 4 rings (SSSR count). The highest BCUT2D eigenvalue weighted by Crippen LogP contribution is 2.22. The van der Waals surface area contributed by atoms with E-state index in [4.69, 9.17) is 17.3 Å². The lowest BCUT2D eigenvalue weighted by atomic mass is 10.2. The Morgan fingerprint density at radius 2 is 2.00 bits per heavy atom. The zero-order chi connectivity index (χ0) is 16.5. The topological polar surface area (TPSA) is 95.4 Å². The van der Waals surface area contributed by atoms with Crippen LogP contribution >= 0.6 is 11.6 Å². The Labute approximate surface area is 142 Å². The number of nitrogens with zero attached hydrogens (tertiary/aromatic N) is 6. The predicted octanol–water partition coefficient (Wildman–Crippen LogP) is 2.57. The Bertz CT molecular complexity index is 1010. The van der Waals surface area contributed by atoms with Gasteiger partial charge in [-0.25, -0.2) is 15.0 Å². The third-order valence-electron chi connectivity index (χ3n) is 3.54. The number of fused-ring (bicyclic) bond motifs is 1.